The predicted octanol–water partition coefficient (Wildman–Crippen LogP) is 4.51. The Morgan fingerprint density at radius 2 is 1.72 bits per heavy atom. The summed E-state index contributed by atoms with van der Waals surface area (Å²) in [6.45, 7) is 3.75. The lowest BCUT2D eigenvalue weighted by atomic mass is 10.1. The van der Waals surface area contributed by atoms with E-state index in [1.165, 1.54) is 0 Å². The van der Waals surface area contributed by atoms with Crippen molar-refractivity contribution in [3.8, 4) is 0 Å². The number of benzene rings is 2. The molecule has 1 aliphatic carbocycles. The van der Waals surface area contributed by atoms with Gasteiger partial charge < -0.3 is 19.3 Å². The third-order valence-electron chi connectivity index (χ3n) is 6.87. The van der Waals surface area contributed by atoms with E-state index in [4.69, 9.17) is 4.74 Å². The molecule has 1 saturated carbocycles. The molecule has 1 unspecified atom stereocenters. The molecule has 2 aromatic carbocycles. The molecular weight excluding hydrogens is 476 g/mol. The number of hydrogen-bond acceptors (Lipinski definition) is 5. The summed E-state index contributed by atoms with van der Waals surface area (Å²) in [6, 6.07) is 14.7. The normalized spacial score (nSPS) is 17.2. The molecule has 1 aromatic heterocycles. The van der Waals surface area contributed by atoms with E-state index in [1.54, 1.807) is 34.2 Å². The Kier molecular flexibility index (Phi) is 7.18. The lowest BCUT2D eigenvalue weighted by Gasteiger charge is -2.34. The van der Waals surface area contributed by atoms with Crippen LogP contribution in [0.2, 0.25) is 0 Å². The van der Waals surface area contributed by atoms with Crippen molar-refractivity contribution in [2.45, 2.75) is 43.6 Å². The fraction of sp³-hybridized carbons (Fsp3) is 0.370. The number of aromatic nitrogens is 1. The number of anilines is 1. The minimum Gasteiger partial charge on any atom is -0.446 e. The highest BCUT2D eigenvalue weighted by Gasteiger charge is 2.28. The fourth-order valence-electron chi connectivity index (χ4n) is 4.79. The average molecular weight is 507 g/mol. The summed E-state index contributed by atoms with van der Waals surface area (Å²) >= 11 is 0. The largest absolute Gasteiger partial charge is 0.446 e. The van der Waals surface area contributed by atoms with Crippen molar-refractivity contribution >= 4 is 39.6 Å². The lowest BCUT2D eigenvalue weighted by molar-refractivity contribution is 0.0422. The van der Waals surface area contributed by atoms with E-state index in [-0.39, 0.29) is 18.1 Å². The maximum Gasteiger partial charge on any atom is 0.410 e. The summed E-state index contributed by atoms with van der Waals surface area (Å²) in [4.78, 5) is 34.0. The average Bonchev–Trinajstić information content (AvgIpc) is 3.42. The maximum absolute atomic E-state index is 13.1. The highest BCUT2D eigenvalue weighted by atomic mass is 32.2. The highest BCUT2D eigenvalue weighted by molar-refractivity contribution is 7.86. The Hall–Kier alpha value is -3.46. The molecule has 1 aliphatic heterocycles. The van der Waals surface area contributed by atoms with Crippen molar-refractivity contribution in [1.82, 2.24) is 14.8 Å². The van der Waals surface area contributed by atoms with Crippen LogP contribution < -0.4 is 4.72 Å². The first-order valence-electron chi connectivity index (χ1n) is 12.4. The zero-order valence-electron chi connectivity index (χ0n) is 20.3. The molecule has 188 valence electrons. The van der Waals surface area contributed by atoms with Gasteiger partial charge in [-0.2, -0.15) is 0 Å². The van der Waals surface area contributed by atoms with E-state index in [0.717, 1.165) is 36.6 Å². The minimum absolute atomic E-state index is 0.0402. The van der Waals surface area contributed by atoms with Gasteiger partial charge in [0.2, 0.25) is 0 Å². The summed E-state index contributed by atoms with van der Waals surface area (Å²) in [5.41, 5.74) is 2.78. The monoisotopic (exact) mass is 506 g/mol. The molecule has 9 heteroatoms. The molecule has 2 aliphatic rings. The number of fused-ring (bicyclic) bond motifs is 1. The minimum atomic E-state index is -1.51. The molecule has 2 fully saturated rings. The number of ether oxygens (including phenoxy) is 1. The fourth-order valence-corrected chi connectivity index (χ4v) is 5.88. The molecule has 3 aromatic rings. The van der Waals surface area contributed by atoms with Crippen molar-refractivity contribution in [2.24, 2.45) is 0 Å². The topological polar surface area (TPSA) is 91.8 Å². The molecule has 0 bridgehead atoms. The summed E-state index contributed by atoms with van der Waals surface area (Å²) in [5.74, 6) is -0.0761. The number of carbonyl (C=O) groups is 2. The maximum atomic E-state index is 13.1. The van der Waals surface area contributed by atoms with E-state index < -0.39 is 11.0 Å². The smallest absolute Gasteiger partial charge is 0.410 e. The lowest BCUT2D eigenvalue weighted by Crippen LogP contribution is -2.51. The van der Waals surface area contributed by atoms with Crippen LogP contribution in [-0.4, -0.2) is 63.3 Å². The summed E-state index contributed by atoms with van der Waals surface area (Å²) in [6.07, 6.45) is 5.58. The van der Waals surface area contributed by atoms with Crippen LogP contribution in [0.25, 0.3) is 10.9 Å². The van der Waals surface area contributed by atoms with Crippen LogP contribution in [0.5, 0.6) is 0 Å². The number of nitrogens with one attached hydrogen (secondary N) is 1. The number of amides is 2. The first kappa shape index (κ1) is 24.2. The summed E-state index contributed by atoms with van der Waals surface area (Å²) in [5, 5.41) is 0.926. The van der Waals surface area contributed by atoms with Crippen molar-refractivity contribution in [3.63, 3.8) is 0 Å². The number of aryl methyl sites for hydroxylation is 1. The Labute approximate surface area is 213 Å². The molecule has 1 saturated heterocycles. The van der Waals surface area contributed by atoms with Gasteiger partial charge in [-0.15, -0.1) is 0 Å². The van der Waals surface area contributed by atoms with Gasteiger partial charge in [-0.3, -0.25) is 9.78 Å². The number of carbonyl (C=O) groups excluding carboxylic acids is 2. The standard InChI is InChI=1S/C27H30N4O4S/c1-19-18-21(26(32)30-14-16-31(17-15-30)27(33)35-22-8-2-3-9-22)11-12-23(19)29-36(34)24-10-4-6-20-7-5-13-28-25(20)24/h4-7,10-13,18,22,29H,2-3,8-9,14-17H2,1H3. The van der Waals surface area contributed by atoms with Crippen LogP contribution in [0.3, 0.4) is 0 Å². The summed E-state index contributed by atoms with van der Waals surface area (Å²) < 4.78 is 21.7. The van der Waals surface area contributed by atoms with Crippen molar-refractivity contribution in [3.05, 3.63) is 65.9 Å². The number of hydrogen-bond donors (Lipinski definition) is 1. The van der Waals surface area contributed by atoms with Crippen LogP contribution in [0.1, 0.15) is 41.6 Å². The number of pyridine rings is 1. The van der Waals surface area contributed by atoms with Crippen LogP contribution in [0, 0.1) is 6.92 Å². The Balaban J connectivity index is 1.20. The molecule has 0 spiro atoms. The number of piperazine rings is 1. The molecule has 5 rings (SSSR count). The van der Waals surface area contributed by atoms with E-state index >= 15 is 0 Å². The van der Waals surface area contributed by atoms with Gasteiger partial charge >= 0.3 is 6.09 Å². The van der Waals surface area contributed by atoms with Gasteiger partial charge in [0.25, 0.3) is 5.91 Å². The predicted molar refractivity (Wildman–Crippen MR) is 139 cm³/mol. The molecule has 2 heterocycles. The second-order valence-electron chi connectivity index (χ2n) is 9.30. The molecular formula is C27H30N4O4S. The van der Waals surface area contributed by atoms with E-state index in [0.29, 0.717) is 47.8 Å². The zero-order chi connectivity index (χ0) is 25.1. The van der Waals surface area contributed by atoms with Gasteiger partial charge in [0.15, 0.2) is 11.0 Å². The quantitative estimate of drug-likeness (QED) is 0.550. The van der Waals surface area contributed by atoms with Gasteiger partial charge in [0.05, 0.1) is 10.4 Å². The molecule has 8 nitrogen and oxygen atoms in total. The molecule has 1 atom stereocenters. The van der Waals surface area contributed by atoms with Crippen LogP contribution in [-0.2, 0) is 15.7 Å². The Bertz CT molecular complexity index is 1290. The second-order valence-corrected chi connectivity index (χ2v) is 10.5. The van der Waals surface area contributed by atoms with Crippen LogP contribution in [0.4, 0.5) is 10.5 Å². The van der Waals surface area contributed by atoms with E-state index in [1.807, 2.05) is 37.3 Å². The van der Waals surface area contributed by atoms with Gasteiger partial charge in [-0.1, -0.05) is 18.2 Å². The molecule has 36 heavy (non-hydrogen) atoms. The number of para-hydroxylation sites is 1. The van der Waals surface area contributed by atoms with Crippen molar-refractivity contribution < 1.29 is 18.5 Å². The van der Waals surface area contributed by atoms with Crippen molar-refractivity contribution in [2.75, 3.05) is 30.9 Å². The number of rotatable bonds is 5. The van der Waals surface area contributed by atoms with Crippen LogP contribution in [0.15, 0.2) is 59.6 Å². The van der Waals surface area contributed by atoms with Gasteiger partial charge in [-0.25, -0.2) is 9.00 Å². The van der Waals surface area contributed by atoms with Gasteiger partial charge in [0.1, 0.15) is 6.10 Å². The SMILES string of the molecule is Cc1cc(C(=O)N2CCN(C(=O)OC3CCCC3)CC2)ccc1NS(=O)c1cccc2cccnc12. The molecule has 2 amide bonds. The molecule has 1 N–H and O–H groups in total. The van der Waals surface area contributed by atoms with Crippen molar-refractivity contribution in [1.29, 1.82) is 0 Å². The Morgan fingerprint density at radius 1 is 1.00 bits per heavy atom. The number of nitrogens with zero attached hydrogens (tertiary/aromatic N) is 3. The highest BCUT2D eigenvalue weighted by Crippen LogP contribution is 2.25. The third kappa shape index (κ3) is 5.21. The first-order chi connectivity index (χ1) is 17.5. The second kappa shape index (κ2) is 10.7. The zero-order valence-corrected chi connectivity index (χ0v) is 21.1. The van der Waals surface area contributed by atoms with Gasteiger partial charge in [0, 0.05) is 49.0 Å². The molecule has 0 radical (unpaired) electrons. The van der Waals surface area contributed by atoms with E-state index in [9.17, 15) is 13.8 Å². The van der Waals surface area contributed by atoms with E-state index in [2.05, 4.69) is 9.71 Å². The van der Waals surface area contributed by atoms with Crippen LogP contribution >= 0.6 is 0 Å². The third-order valence-corrected chi connectivity index (χ3v) is 8.00. The first-order valence-corrected chi connectivity index (χ1v) is 13.5. The Morgan fingerprint density at radius 3 is 2.47 bits per heavy atom. The summed E-state index contributed by atoms with van der Waals surface area (Å²) in [7, 11) is -1.51. The van der Waals surface area contributed by atoms with Gasteiger partial charge in [-0.05, 0) is 68.5 Å².